The van der Waals surface area contributed by atoms with Gasteiger partial charge in [-0.15, -0.1) is 0 Å². The topological polar surface area (TPSA) is 43.2 Å². The number of imidazole rings is 1. The van der Waals surface area contributed by atoms with Crippen molar-refractivity contribution in [3.8, 4) is 0 Å². The predicted octanol–water partition coefficient (Wildman–Crippen LogP) is 2.98. The molecule has 0 saturated carbocycles. The number of nitrogens with zero attached hydrogens (tertiary/aromatic N) is 4. The first-order chi connectivity index (χ1) is 11.2. The zero-order chi connectivity index (χ0) is 15.8. The number of hydrogen-bond donors (Lipinski definition) is 0. The van der Waals surface area contributed by atoms with Crippen LogP contribution in [0, 0.1) is 0 Å². The van der Waals surface area contributed by atoms with Crippen LogP contribution in [0.4, 0.5) is 0 Å². The molecule has 1 unspecified atom stereocenters. The first-order valence-corrected chi connectivity index (χ1v) is 8.88. The van der Waals surface area contributed by atoms with Gasteiger partial charge in [0.15, 0.2) is 5.65 Å². The summed E-state index contributed by atoms with van der Waals surface area (Å²) in [6, 6.07) is 5.22. The summed E-state index contributed by atoms with van der Waals surface area (Å²) in [7, 11) is 0. The summed E-state index contributed by atoms with van der Waals surface area (Å²) in [4.78, 5) is 12.2. The van der Waals surface area contributed by atoms with E-state index >= 15 is 0 Å². The molecule has 0 bridgehead atoms. The Balaban J connectivity index is 1.69. The van der Waals surface area contributed by atoms with Gasteiger partial charge in [-0.3, -0.25) is 0 Å². The number of fused-ring (bicyclic) bond motifs is 1. The summed E-state index contributed by atoms with van der Waals surface area (Å²) in [5, 5.41) is 0. The molecule has 5 heteroatoms. The van der Waals surface area contributed by atoms with Crippen molar-refractivity contribution in [3.05, 3.63) is 24.2 Å². The molecule has 0 N–H and O–H groups in total. The van der Waals surface area contributed by atoms with Crippen molar-refractivity contribution in [2.45, 2.75) is 51.1 Å². The van der Waals surface area contributed by atoms with E-state index in [1.807, 2.05) is 12.3 Å². The summed E-state index contributed by atoms with van der Waals surface area (Å²) in [6.07, 6.45) is 5.33. The molecule has 2 saturated heterocycles. The summed E-state index contributed by atoms with van der Waals surface area (Å²) in [5.74, 6) is 1.62. The molecule has 4 heterocycles. The van der Waals surface area contributed by atoms with Crippen molar-refractivity contribution >= 4 is 11.2 Å². The van der Waals surface area contributed by atoms with Crippen molar-refractivity contribution in [3.63, 3.8) is 0 Å². The molecule has 0 spiro atoms. The van der Waals surface area contributed by atoms with Crippen molar-refractivity contribution < 1.29 is 4.74 Å². The Hall–Kier alpha value is -1.46. The maximum absolute atomic E-state index is 5.62. The van der Waals surface area contributed by atoms with E-state index in [4.69, 9.17) is 9.72 Å². The second-order valence-corrected chi connectivity index (χ2v) is 7.11. The van der Waals surface area contributed by atoms with Gasteiger partial charge in [-0.25, -0.2) is 9.97 Å². The highest BCUT2D eigenvalue weighted by atomic mass is 16.5. The predicted molar refractivity (Wildman–Crippen MR) is 90.7 cm³/mol. The number of ether oxygens (including phenoxy) is 1. The Morgan fingerprint density at radius 3 is 2.74 bits per heavy atom. The fraction of sp³-hybridized carbons (Fsp3) is 0.667. The summed E-state index contributed by atoms with van der Waals surface area (Å²) in [5.41, 5.74) is 2.08. The number of likely N-dealkylation sites (tertiary alicyclic amines) is 1. The highest BCUT2D eigenvalue weighted by Gasteiger charge is 2.30. The standard InChI is InChI=1S/C18H26N4O/c1-13(2)21-9-5-15(6-10-21)22-17(14-7-11-23-12-14)20-16-4-3-8-19-18(16)22/h3-4,8,13-15H,5-7,9-12H2,1-2H3. The molecule has 4 rings (SSSR count). The third-order valence-corrected chi connectivity index (χ3v) is 5.37. The molecular formula is C18H26N4O. The number of hydrogen-bond acceptors (Lipinski definition) is 4. The molecule has 2 aliphatic heterocycles. The minimum absolute atomic E-state index is 0.423. The fourth-order valence-electron chi connectivity index (χ4n) is 3.99. The Labute approximate surface area is 137 Å². The molecule has 2 aromatic heterocycles. The maximum atomic E-state index is 5.62. The normalized spacial score (nSPS) is 24.0. The molecular weight excluding hydrogens is 288 g/mol. The van der Waals surface area contributed by atoms with E-state index in [1.165, 1.54) is 18.7 Å². The van der Waals surface area contributed by atoms with Crippen LogP contribution in [0.2, 0.25) is 0 Å². The molecule has 0 aromatic carbocycles. The van der Waals surface area contributed by atoms with E-state index in [1.54, 1.807) is 0 Å². The van der Waals surface area contributed by atoms with Crippen LogP contribution in [0.3, 0.4) is 0 Å². The van der Waals surface area contributed by atoms with E-state index in [0.717, 1.165) is 43.9 Å². The van der Waals surface area contributed by atoms with Crippen LogP contribution in [0.25, 0.3) is 11.2 Å². The minimum Gasteiger partial charge on any atom is -0.381 e. The van der Waals surface area contributed by atoms with Crippen LogP contribution in [0.1, 0.15) is 50.9 Å². The van der Waals surface area contributed by atoms with Crippen LogP contribution in [0.5, 0.6) is 0 Å². The Kier molecular flexibility index (Phi) is 4.07. The van der Waals surface area contributed by atoms with Crippen molar-refractivity contribution in [2.75, 3.05) is 26.3 Å². The van der Waals surface area contributed by atoms with Crippen LogP contribution in [-0.2, 0) is 4.74 Å². The van der Waals surface area contributed by atoms with Gasteiger partial charge in [0.25, 0.3) is 0 Å². The van der Waals surface area contributed by atoms with Crippen LogP contribution < -0.4 is 0 Å². The van der Waals surface area contributed by atoms with Gasteiger partial charge < -0.3 is 14.2 Å². The van der Waals surface area contributed by atoms with E-state index in [9.17, 15) is 0 Å². The van der Waals surface area contributed by atoms with Crippen molar-refractivity contribution in [1.29, 1.82) is 0 Å². The lowest BCUT2D eigenvalue weighted by molar-refractivity contribution is 0.150. The van der Waals surface area contributed by atoms with Gasteiger partial charge >= 0.3 is 0 Å². The largest absolute Gasteiger partial charge is 0.381 e. The first kappa shape index (κ1) is 15.1. The zero-order valence-corrected chi connectivity index (χ0v) is 14.1. The highest BCUT2D eigenvalue weighted by molar-refractivity contribution is 5.71. The average Bonchev–Trinajstić information content (AvgIpc) is 3.22. The van der Waals surface area contributed by atoms with Gasteiger partial charge in [0.05, 0.1) is 6.61 Å². The summed E-state index contributed by atoms with van der Waals surface area (Å²) >= 11 is 0. The van der Waals surface area contributed by atoms with Gasteiger partial charge in [-0.2, -0.15) is 0 Å². The first-order valence-electron chi connectivity index (χ1n) is 8.88. The Bertz CT molecular complexity index is 667. The highest BCUT2D eigenvalue weighted by Crippen LogP contribution is 2.34. The molecule has 0 amide bonds. The summed E-state index contributed by atoms with van der Waals surface area (Å²) < 4.78 is 8.05. The molecule has 1 atom stereocenters. The molecule has 0 radical (unpaired) electrons. The van der Waals surface area contributed by atoms with Gasteiger partial charge in [-0.05, 0) is 45.2 Å². The second kappa shape index (κ2) is 6.21. The third-order valence-electron chi connectivity index (χ3n) is 5.37. The third kappa shape index (κ3) is 2.76. The Morgan fingerprint density at radius 2 is 2.04 bits per heavy atom. The molecule has 5 nitrogen and oxygen atoms in total. The number of rotatable bonds is 3. The smallest absolute Gasteiger partial charge is 0.160 e. The van der Waals surface area contributed by atoms with Crippen LogP contribution in [-0.4, -0.2) is 51.8 Å². The molecule has 2 fully saturated rings. The SMILES string of the molecule is CC(C)N1CCC(n2c(C3CCOC3)nc3cccnc32)CC1. The van der Waals surface area contributed by atoms with E-state index in [2.05, 4.69) is 34.4 Å². The van der Waals surface area contributed by atoms with E-state index in [-0.39, 0.29) is 0 Å². The minimum atomic E-state index is 0.423. The zero-order valence-electron chi connectivity index (χ0n) is 14.1. The van der Waals surface area contributed by atoms with Crippen LogP contribution in [0.15, 0.2) is 18.3 Å². The maximum Gasteiger partial charge on any atom is 0.160 e. The number of aromatic nitrogens is 3. The second-order valence-electron chi connectivity index (χ2n) is 7.11. The van der Waals surface area contributed by atoms with Crippen LogP contribution >= 0.6 is 0 Å². The Morgan fingerprint density at radius 1 is 1.22 bits per heavy atom. The van der Waals surface area contributed by atoms with Crippen molar-refractivity contribution in [2.24, 2.45) is 0 Å². The van der Waals surface area contributed by atoms with Gasteiger partial charge in [0.2, 0.25) is 0 Å². The molecule has 2 aliphatic rings. The number of piperidine rings is 1. The number of pyridine rings is 1. The van der Waals surface area contributed by atoms with Gasteiger partial charge in [0.1, 0.15) is 11.3 Å². The lowest BCUT2D eigenvalue weighted by atomic mass is 10.0. The van der Waals surface area contributed by atoms with E-state index in [0.29, 0.717) is 18.0 Å². The molecule has 2 aromatic rings. The fourth-order valence-corrected chi connectivity index (χ4v) is 3.99. The molecule has 124 valence electrons. The monoisotopic (exact) mass is 314 g/mol. The van der Waals surface area contributed by atoms with Crippen molar-refractivity contribution in [1.82, 2.24) is 19.4 Å². The average molecular weight is 314 g/mol. The molecule has 23 heavy (non-hydrogen) atoms. The van der Waals surface area contributed by atoms with Gasteiger partial charge in [-0.1, -0.05) is 0 Å². The molecule has 0 aliphatic carbocycles. The van der Waals surface area contributed by atoms with E-state index < -0.39 is 0 Å². The lowest BCUT2D eigenvalue weighted by Crippen LogP contribution is -2.39. The van der Waals surface area contributed by atoms with Gasteiger partial charge in [0, 0.05) is 43.9 Å². The quantitative estimate of drug-likeness (QED) is 0.873. The summed E-state index contributed by atoms with van der Waals surface area (Å²) in [6.45, 7) is 8.55. The lowest BCUT2D eigenvalue weighted by Gasteiger charge is -2.36.